The van der Waals surface area contributed by atoms with Crippen molar-refractivity contribution in [1.29, 1.82) is 0 Å². The minimum Gasteiger partial charge on any atom is -0.478 e. The molecule has 1 aromatic rings. The summed E-state index contributed by atoms with van der Waals surface area (Å²) >= 11 is 0. The van der Waals surface area contributed by atoms with E-state index in [4.69, 9.17) is 9.84 Å². The number of nitrogens with one attached hydrogen (secondary N) is 1. The van der Waals surface area contributed by atoms with Gasteiger partial charge in [0.05, 0.1) is 12.2 Å². The maximum Gasteiger partial charge on any atom is 0.335 e. The molecule has 2 N–H and O–H groups in total. The van der Waals surface area contributed by atoms with Gasteiger partial charge in [0.2, 0.25) is 0 Å². The number of carbonyl (C=O) groups is 2. The minimum atomic E-state index is -0.945. The quantitative estimate of drug-likeness (QED) is 0.820. The Hall–Kier alpha value is -1.92. The number of aromatic carboxylic acids is 1. The third-order valence-corrected chi connectivity index (χ3v) is 3.54. The number of benzene rings is 1. The number of hydrogen-bond acceptors (Lipinski definition) is 4. The van der Waals surface area contributed by atoms with Crippen LogP contribution in [0.1, 0.15) is 15.9 Å². The summed E-state index contributed by atoms with van der Waals surface area (Å²) in [5.41, 5.74) is 1.02. The van der Waals surface area contributed by atoms with Crippen molar-refractivity contribution in [2.24, 2.45) is 0 Å². The van der Waals surface area contributed by atoms with E-state index < -0.39 is 12.1 Å². The third kappa shape index (κ3) is 4.03. The number of rotatable bonds is 5. The van der Waals surface area contributed by atoms with E-state index in [0.717, 1.165) is 12.1 Å². The van der Waals surface area contributed by atoms with Crippen LogP contribution in [0, 0.1) is 0 Å². The van der Waals surface area contributed by atoms with Crippen LogP contribution in [0.25, 0.3) is 0 Å². The van der Waals surface area contributed by atoms with Crippen LogP contribution >= 0.6 is 0 Å². The number of morpholine rings is 1. The van der Waals surface area contributed by atoms with Gasteiger partial charge in [-0.05, 0) is 18.1 Å². The number of amides is 1. The molecule has 1 unspecified atom stereocenters. The highest BCUT2D eigenvalue weighted by molar-refractivity contribution is 5.89. The number of likely N-dealkylation sites (N-methyl/N-ethyl adjacent to an activating group) is 1. The molecule has 1 saturated heterocycles. The first-order chi connectivity index (χ1) is 10.1. The standard InChI is InChI=1S/C15H20N2O4/c1-17(14(18)13-10-16-7-9-21-13)8-6-11-4-2-3-5-12(11)15(19)20/h2-5,13,16H,6-10H2,1H3,(H,19,20). The van der Waals surface area contributed by atoms with Gasteiger partial charge in [0.25, 0.3) is 5.91 Å². The first kappa shape index (κ1) is 15.5. The largest absolute Gasteiger partial charge is 0.478 e. The first-order valence-electron chi connectivity index (χ1n) is 6.98. The molecule has 1 amide bonds. The minimum absolute atomic E-state index is 0.0741. The Morgan fingerprint density at radius 2 is 2.19 bits per heavy atom. The van der Waals surface area contributed by atoms with Crippen LogP contribution in [0.2, 0.25) is 0 Å². The van der Waals surface area contributed by atoms with Crippen LogP contribution in [0.15, 0.2) is 24.3 Å². The van der Waals surface area contributed by atoms with E-state index in [9.17, 15) is 9.59 Å². The molecule has 1 fully saturated rings. The lowest BCUT2D eigenvalue weighted by Gasteiger charge is -2.27. The number of hydrogen-bond donors (Lipinski definition) is 2. The van der Waals surface area contributed by atoms with Crippen LogP contribution in [0.3, 0.4) is 0 Å². The Bertz CT molecular complexity index is 512. The van der Waals surface area contributed by atoms with Crippen LogP contribution in [-0.2, 0) is 16.0 Å². The highest BCUT2D eigenvalue weighted by Gasteiger charge is 2.24. The number of carbonyl (C=O) groups excluding carboxylic acids is 1. The molecule has 1 heterocycles. The second-order valence-electron chi connectivity index (χ2n) is 5.04. The van der Waals surface area contributed by atoms with Gasteiger partial charge in [-0.25, -0.2) is 4.79 Å². The van der Waals surface area contributed by atoms with Gasteiger partial charge in [0, 0.05) is 26.7 Å². The van der Waals surface area contributed by atoms with Crippen molar-refractivity contribution in [3.8, 4) is 0 Å². The third-order valence-electron chi connectivity index (χ3n) is 3.54. The SMILES string of the molecule is CN(CCc1ccccc1C(=O)O)C(=O)C1CNCCO1. The molecular weight excluding hydrogens is 272 g/mol. The molecule has 0 aromatic heterocycles. The Morgan fingerprint density at radius 3 is 2.86 bits per heavy atom. The van der Waals surface area contributed by atoms with E-state index in [1.54, 1.807) is 36.2 Å². The fraction of sp³-hybridized carbons (Fsp3) is 0.467. The molecule has 0 spiro atoms. The average Bonchev–Trinajstić information content (AvgIpc) is 2.52. The summed E-state index contributed by atoms with van der Waals surface area (Å²) in [5.74, 6) is -1.02. The van der Waals surface area contributed by atoms with Crippen LogP contribution in [0.5, 0.6) is 0 Å². The zero-order valence-corrected chi connectivity index (χ0v) is 12.0. The summed E-state index contributed by atoms with van der Waals surface area (Å²) in [7, 11) is 1.71. The molecule has 2 rings (SSSR count). The van der Waals surface area contributed by atoms with Crippen LogP contribution in [0.4, 0.5) is 0 Å². The molecule has 0 saturated carbocycles. The highest BCUT2D eigenvalue weighted by Crippen LogP contribution is 2.10. The van der Waals surface area contributed by atoms with Crippen molar-refractivity contribution in [1.82, 2.24) is 10.2 Å². The molecular formula is C15H20N2O4. The molecule has 114 valence electrons. The molecule has 21 heavy (non-hydrogen) atoms. The summed E-state index contributed by atoms with van der Waals surface area (Å²) in [4.78, 5) is 24.9. The topological polar surface area (TPSA) is 78.9 Å². The monoisotopic (exact) mass is 292 g/mol. The summed E-state index contributed by atoms with van der Waals surface area (Å²) < 4.78 is 5.43. The molecule has 1 aromatic carbocycles. The Labute approximate surface area is 123 Å². The Balaban J connectivity index is 1.93. The summed E-state index contributed by atoms with van der Waals surface area (Å²) in [6.07, 6.45) is 0.0590. The van der Waals surface area contributed by atoms with Gasteiger partial charge in [0.15, 0.2) is 0 Å². The number of nitrogens with zero attached hydrogens (tertiary/aromatic N) is 1. The van der Waals surface area contributed by atoms with E-state index in [0.29, 0.717) is 26.1 Å². The Kier molecular flexibility index (Phi) is 5.30. The second-order valence-corrected chi connectivity index (χ2v) is 5.04. The maximum absolute atomic E-state index is 12.2. The van der Waals surface area contributed by atoms with Crippen molar-refractivity contribution in [2.45, 2.75) is 12.5 Å². The smallest absolute Gasteiger partial charge is 0.335 e. The molecule has 0 aliphatic carbocycles. The van der Waals surface area contributed by atoms with E-state index in [-0.39, 0.29) is 11.5 Å². The first-order valence-corrected chi connectivity index (χ1v) is 6.98. The van der Waals surface area contributed by atoms with Gasteiger partial charge in [0.1, 0.15) is 6.10 Å². The van der Waals surface area contributed by atoms with Gasteiger partial charge in [-0.2, -0.15) is 0 Å². The summed E-state index contributed by atoms with van der Waals surface area (Å²) in [5, 5.41) is 12.3. The lowest BCUT2D eigenvalue weighted by atomic mass is 10.0. The Morgan fingerprint density at radius 1 is 1.43 bits per heavy atom. The highest BCUT2D eigenvalue weighted by atomic mass is 16.5. The molecule has 1 atom stereocenters. The normalized spacial score (nSPS) is 18.2. The zero-order valence-electron chi connectivity index (χ0n) is 12.0. The van der Waals surface area contributed by atoms with Crippen molar-refractivity contribution in [3.05, 3.63) is 35.4 Å². The molecule has 0 radical (unpaired) electrons. The molecule has 0 bridgehead atoms. The van der Waals surface area contributed by atoms with Gasteiger partial charge in [-0.3, -0.25) is 4.79 Å². The fourth-order valence-corrected chi connectivity index (χ4v) is 2.32. The molecule has 1 aliphatic rings. The summed E-state index contributed by atoms with van der Waals surface area (Å²) in [6, 6.07) is 6.86. The van der Waals surface area contributed by atoms with Gasteiger partial charge in [-0.15, -0.1) is 0 Å². The molecule has 6 heteroatoms. The van der Waals surface area contributed by atoms with E-state index in [2.05, 4.69) is 5.32 Å². The van der Waals surface area contributed by atoms with Crippen molar-refractivity contribution in [3.63, 3.8) is 0 Å². The lowest BCUT2D eigenvalue weighted by Crippen LogP contribution is -2.48. The predicted molar refractivity (Wildman–Crippen MR) is 77.4 cm³/mol. The fourth-order valence-electron chi connectivity index (χ4n) is 2.32. The van der Waals surface area contributed by atoms with Gasteiger partial charge >= 0.3 is 5.97 Å². The maximum atomic E-state index is 12.2. The number of carboxylic acids is 1. The lowest BCUT2D eigenvalue weighted by molar-refractivity contribution is -0.143. The van der Waals surface area contributed by atoms with Crippen LogP contribution in [-0.4, -0.2) is 61.3 Å². The number of ether oxygens (including phenoxy) is 1. The van der Waals surface area contributed by atoms with Crippen molar-refractivity contribution >= 4 is 11.9 Å². The van der Waals surface area contributed by atoms with Gasteiger partial charge in [-0.1, -0.05) is 18.2 Å². The second kappa shape index (κ2) is 7.19. The predicted octanol–water partition coefficient (Wildman–Crippen LogP) is 0.374. The molecule has 6 nitrogen and oxygen atoms in total. The number of carboxylic acid groups (broad SMARTS) is 1. The van der Waals surface area contributed by atoms with E-state index in [1.165, 1.54) is 0 Å². The molecule has 1 aliphatic heterocycles. The van der Waals surface area contributed by atoms with E-state index in [1.807, 2.05) is 0 Å². The zero-order chi connectivity index (χ0) is 15.2. The van der Waals surface area contributed by atoms with Crippen molar-refractivity contribution in [2.75, 3.05) is 33.3 Å². The van der Waals surface area contributed by atoms with Gasteiger partial charge < -0.3 is 20.1 Å². The average molecular weight is 292 g/mol. The van der Waals surface area contributed by atoms with E-state index >= 15 is 0 Å². The van der Waals surface area contributed by atoms with Crippen molar-refractivity contribution < 1.29 is 19.4 Å². The summed E-state index contributed by atoms with van der Waals surface area (Å²) in [6.45, 7) is 2.28. The van der Waals surface area contributed by atoms with Crippen LogP contribution < -0.4 is 5.32 Å².